The molecular weight excluding hydrogens is 276 g/mol. The van der Waals surface area contributed by atoms with E-state index in [9.17, 15) is 9.90 Å². The lowest BCUT2D eigenvalue weighted by molar-refractivity contribution is -0.119. The van der Waals surface area contributed by atoms with Crippen molar-refractivity contribution < 1.29 is 9.90 Å². The van der Waals surface area contributed by atoms with E-state index in [1.54, 1.807) is 0 Å². The summed E-state index contributed by atoms with van der Waals surface area (Å²) in [7, 11) is 1.99. The molecule has 2 unspecified atom stereocenters. The first-order valence-corrected chi connectivity index (χ1v) is 8.40. The first-order chi connectivity index (χ1) is 10.6. The molecule has 1 aliphatic heterocycles. The van der Waals surface area contributed by atoms with Gasteiger partial charge in [0.25, 0.3) is 0 Å². The monoisotopic (exact) mass is 302 g/mol. The largest absolute Gasteiger partial charge is 0.393 e. The number of aliphatic hydroxyl groups is 1. The molecule has 1 heterocycles. The number of aliphatic hydroxyl groups excluding tert-OH is 1. The van der Waals surface area contributed by atoms with Crippen molar-refractivity contribution in [3.05, 3.63) is 29.8 Å². The van der Waals surface area contributed by atoms with Gasteiger partial charge in [0.15, 0.2) is 0 Å². The first-order valence-electron chi connectivity index (χ1n) is 8.40. The fourth-order valence-electron chi connectivity index (χ4n) is 3.78. The zero-order valence-electron chi connectivity index (χ0n) is 13.4. The van der Waals surface area contributed by atoms with Gasteiger partial charge in [-0.25, -0.2) is 0 Å². The van der Waals surface area contributed by atoms with Crippen molar-refractivity contribution in [2.24, 2.45) is 5.92 Å². The number of nitrogens with zero attached hydrogens (tertiary/aromatic N) is 2. The molecule has 2 atom stereocenters. The van der Waals surface area contributed by atoms with Crippen LogP contribution < -0.4 is 4.90 Å². The smallest absolute Gasteiger partial charge is 0.241 e. The Morgan fingerprint density at radius 3 is 2.91 bits per heavy atom. The summed E-state index contributed by atoms with van der Waals surface area (Å²) in [6, 6.07) is 8.16. The third-order valence-corrected chi connectivity index (χ3v) is 5.01. The van der Waals surface area contributed by atoms with Gasteiger partial charge in [-0.2, -0.15) is 0 Å². The Bertz CT molecular complexity index is 532. The Hall–Kier alpha value is -1.39. The lowest BCUT2D eigenvalue weighted by atomic mass is 9.86. The average Bonchev–Trinajstić information content (AvgIpc) is 2.93. The van der Waals surface area contributed by atoms with Crippen LogP contribution in [-0.4, -0.2) is 48.7 Å². The average molecular weight is 302 g/mol. The standard InChI is InChI=1S/C18H26N2O2/c1-19(12-15-7-3-5-9-17(15)21)13-18(22)20-11-10-14-6-2-4-8-16(14)20/h2,4,6,8,15,17,21H,3,5,7,9-13H2,1H3. The van der Waals surface area contributed by atoms with Crippen LogP contribution in [-0.2, 0) is 11.2 Å². The van der Waals surface area contributed by atoms with Crippen molar-refractivity contribution in [2.45, 2.75) is 38.2 Å². The predicted molar refractivity (Wildman–Crippen MR) is 88.0 cm³/mol. The minimum absolute atomic E-state index is 0.165. The van der Waals surface area contributed by atoms with Crippen molar-refractivity contribution in [3.8, 4) is 0 Å². The summed E-state index contributed by atoms with van der Waals surface area (Å²) in [5, 5.41) is 10.1. The van der Waals surface area contributed by atoms with Gasteiger partial charge in [-0.15, -0.1) is 0 Å². The molecule has 1 aliphatic carbocycles. The second-order valence-corrected chi connectivity index (χ2v) is 6.73. The van der Waals surface area contributed by atoms with Crippen LogP contribution in [0.5, 0.6) is 0 Å². The number of fused-ring (bicyclic) bond motifs is 1. The number of likely N-dealkylation sites (N-methyl/N-ethyl adjacent to an activating group) is 1. The molecule has 2 aliphatic rings. The molecule has 0 radical (unpaired) electrons. The van der Waals surface area contributed by atoms with Crippen LogP contribution >= 0.6 is 0 Å². The molecular formula is C18H26N2O2. The van der Waals surface area contributed by atoms with E-state index in [0.29, 0.717) is 12.5 Å². The lowest BCUT2D eigenvalue weighted by Gasteiger charge is -2.31. The van der Waals surface area contributed by atoms with E-state index in [1.807, 2.05) is 30.1 Å². The second kappa shape index (κ2) is 6.80. The zero-order chi connectivity index (χ0) is 15.5. The molecule has 4 heteroatoms. The number of rotatable bonds is 4. The van der Waals surface area contributed by atoms with Crippen LogP contribution in [0.2, 0.25) is 0 Å². The highest BCUT2D eigenvalue weighted by Gasteiger charge is 2.27. The number of anilines is 1. The molecule has 0 aromatic heterocycles. The number of carbonyl (C=O) groups excluding carboxylic acids is 1. The minimum atomic E-state index is -0.196. The van der Waals surface area contributed by atoms with E-state index in [-0.39, 0.29) is 12.0 Å². The third-order valence-electron chi connectivity index (χ3n) is 5.01. The van der Waals surface area contributed by atoms with Crippen LogP contribution in [0.1, 0.15) is 31.2 Å². The van der Waals surface area contributed by atoms with E-state index in [4.69, 9.17) is 0 Å². The van der Waals surface area contributed by atoms with Crippen molar-refractivity contribution >= 4 is 11.6 Å². The molecule has 1 fully saturated rings. The highest BCUT2D eigenvalue weighted by Crippen LogP contribution is 2.28. The molecule has 120 valence electrons. The lowest BCUT2D eigenvalue weighted by Crippen LogP contribution is -2.42. The Morgan fingerprint density at radius 1 is 1.32 bits per heavy atom. The quantitative estimate of drug-likeness (QED) is 0.926. The maximum absolute atomic E-state index is 12.6. The van der Waals surface area contributed by atoms with Gasteiger partial charge < -0.3 is 10.0 Å². The van der Waals surface area contributed by atoms with Crippen LogP contribution in [0.15, 0.2) is 24.3 Å². The van der Waals surface area contributed by atoms with Crippen molar-refractivity contribution in [1.82, 2.24) is 4.90 Å². The number of carbonyl (C=O) groups is 1. The Morgan fingerprint density at radius 2 is 2.09 bits per heavy atom. The summed E-state index contributed by atoms with van der Waals surface area (Å²) in [4.78, 5) is 16.5. The number of para-hydroxylation sites is 1. The van der Waals surface area contributed by atoms with E-state index >= 15 is 0 Å². The number of benzene rings is 1. The summed E-state index contributed by atoms with van der Waals surface area (Å²) < 4.78 is 0. The van der Waals surface area contributed by atoms with E-state index in [0.717, 1.165) is 44.5 Å². The van der Waals surface area contributed by atoms with Gasteiger partial charge in [-0.3, -0.25) is 9.69 Å². The van der Waals surface area contributed by atoms with Crippen molar-refractivity contribution in [1.29, 1.82) is 0 Å². The van der Waals surface area contributed by atoms with Gasteiger partial charge in [-0.05, 0) is 43.9 Å². The molecule has 0 saturated heterocycles. The Labute approximate surface area is 132 Å². The van der Waals surface area contributed by atoms with Crippen LogP contribution in [0, 0.1) is 5.92 Å². The normalized spacial score (nSPS) is 24.6. The Balaban J connectivity index is 1.55. The van der Waals surface area contributed by atoms with Gasteiger partial charge in [0.2, 0.25) is 5.91 Å². The molecule has 1 amide bonds. The molecule has 1 aromatic rings. The second-order valence-electron chi connectivity index (χ2n) is 6.73. The number of hydrogen-bond donors (Lipinski definition) is 1. The van der Waals surface area contributed by atoms with Gasteiger partial charge in [0, 0.05) is 18.8 Å². The van der Waals surface area contributed by atoms with Crippen LogP contribution in [0.3, 0.4) is 0 Å². The van der Waals surface area contributed by atoms with E-state index in [1.165, 1.54) is 12.0 Å². The van der Waals surface area contributed by atoms with Gasteiger partial charge in [0.1, 0.15) is 0 Å². The summed E-state index contributed by atoms with van der Waals surface area (Å²) in [5.74, 6) is 0.482. The third kappa shape index (κ3) is 3.33. The minimum Gasteiger partial charge on any atom is -0.393 e. The molecule has 1 aromatic carbocycles. The highest BCUT2D eigenvalue weighted by molar-refractivity contribution is 5.96. The summed E-state index contributed by atoms with van der Waals surface area (Å²) >= 11 is 0. The van der Waals surface area contributed by atoms with Gasteiger partial charge in [0.05, 0.1) is 12.6 Å². The van der Waals surface area contributed by atoms with E-state index in [2.05, 4.69) is 11.0 Å². The topological polar surface area (TPSA) is 43.8 Å². The predicted octanol–water partition coefficient (Wildman–Crippen LogP) is 2.06. The SMILES string of the molecule is CN(CC(=O)N1CCc2ccccc21)CC1CCCCC1O. The van der Waals surface area contributed by atoms with Gasteiger partial charge >= 0.3 is 0 Å². The maximum Gasteiger partial charge on any atom is 0.241 e. The maximum atomic E-state index is 12.6. The molecule has 0 bridgehead atoms. The van der Waals surface area contributed by atoms with Crippen molar-refractivity contribution in [2.75, 3.05) is 31.6 Å². The molecule has 1 N–H and O–H groups in total. The summed E-state index contributed by atoms with van der Waals surface area (Å²) in [6.07, 6.45) is 5.07. The van der Waals surface area contributed by atoms with Crippen molar-refractivity contribution in [3.63, 3.8) is 0 Å². The number of hydrogen-bond acceptors (Lipinski definition) is 3. The number of amides is 1. The summed E-state index contributed by atoms with van der Waals surface area (Å²) in [6.45, 7) is 2.03. The molecule has 0 spiro atoms. The highest BCUT2D eigenvalue weighted by atomic mass is 16.3. The molecule has 4 nitrogen and oxygen atoms in total. The molecule has 3 rings (SSSR count). The zero-order valence-corrected chi connectivity index (χ0v) is 13.4. The van der Waals surface area contributed by atoms with Gasteiger partial charge in [-0.1, -0.05) is 31.0 Å². The fourth-order valence-corrected chi connectivity index (χ4v) is 3.78. The van der Waals surface area contributed by atoms with E-state index < -0.39 is 0 Å². The summed E-state index contributed by atoms with van der Waals surface area (Å²) in [5.41, 5.74) is 2.33. The first kappa shape index (κ1) is 15.5. The fraction of sp³-hybridized carbons (Fsp3) is 0.611. The van der Waals surface area contributed by atoms with Crippen LogP contribution in [0.4, 0.5) is 5.69 Å². The Kier molecular flexibility index (Phi) is 4.79. The van der Waals surface area contributed by atoms with Crippen LogP contribution in [0.25, 0.3) is 0 Å². The molecule has 1 saturated carbocycles. The molecule has 22 heavy (non-hydrogen) atoms.